The number of hydrogen-bond acceptors (Lipinski definition) is 7. The number of anilines is 3. The summed E-state index contributed by atoms with van der Waals surface area (Å²) in [6.07, 6.45) is 8.59. The SMILES string of the molecule is COc1cc(NC(=S)NC2CCC(Nc3nc4c(c(N(C)C)n3)CCCC4)CC2)c(OC)cc1Cl. The molecule has 0 aliphatic heterocycles. The molecule has 3 N–H and O–H groups in total. The minimum absolute atomic E-state index is 0.301. The highest BCUT2D eigenvalue weighted by atomic mass is 35.5. The standard InChI is InChI=1S/C25H35ClN6O2S/c1-32(2)23-17-7-5-6-8-19(17)29-24(31-23)27-15-9-11-16(12-10-15)28-25(35)30-20-14-21(33-3)18(26)13-22(20)34-4/h13-16H,5-12H2,1-4H3,(H,27,29,31)(H2,28,30,35). The zero-order chi connectivity index (χ0) is 24.9. The summed E-state index contributed by atoms with van der Waals surface area (Å²) in [4.78, 5) is 11.8. The molecule has 0 bridgehead atoms. The molecular formula is C25H35ClN6O2S. The normalized spacial score (nSPS) is 19.3. The molecule has 0 amide bonds. The van der Waals surface area contributed by atoms with Gasteiger partial charge in [0.1, 0.15) is 17.3 Å². The first-order valence-electron chi connectivity index (χ1n) is 12.2. The fourth-order valence-electron chi connectivity index (χ4n) is 4.88. The van der Waals surface area contributed by atoms with E-state index < -0.39 is 0 Å². The minimum atomic E-state index is 0.301. The Morgan fingerprint density at radius 3 is 2.37 bits per heavy atom. The first-order valence-corrected chi connectivity index (χ1v) is 13.0. The number of methoxy groups -OCH3 is 2. The first-order chi connectivity index (χ1) is 16.9. The van der Waals surface area contributed by atoms with Gasteiger partial charge in [-0.15, -0.1) is 0 Å². The van der Waals surface area contributed by atoms with E-state index in [-0.39, 0.29) is 0 Å². The molecule has 0 unspecified atom stereocenters. The zero-order valence-corrected chi connectivity index (χ0v) is 22.5. The van der Waals surface area contributed by atoms with E-state index in [1.807, 2.05) is 0 Å². The molecule has 2 aromatic rings. The highest BCUT2D eigenvalue weighted by molar-refractivity contribution is 7.80. The van der Waals surface area contributed by atoms with E-state index in [1.165, 1.54) is 24.1 Å². The fourth-order valence-corrected chi connectivity index (χ4v) is 5.38. The lowest BCUT2D eigenvalue weighted by atomic mass is 9.91. The number of hydrogen-bond donors (Lipinski definition) is 3. The molecule has 0 saturated heterocycles. The Kier molecular flexibility index (Phi) is 8.38. The van der Waals surface area contributed by atoms with Crippen LogP contribution < -0.4 is 30.3 Å². The van der Waals surface area contributed by atoms with E-state index in [2.05, 4.69) is 34.9 Å². The molecule has 1 heterocycles. The van der Waals surface area contributed by atoms with Gasteiger partial charge >= 0.3 is 0 Å². The summed E-state index contributed by atoms with van der Waals surface area (Å²) in [7, 11) is 7.30. The van der Waals surface area contributed by atoms with Gasteiger partial charge in [0.2, 0.25) is 5.95 Å². The molecule has 2 aliphatic carbocycles. The number of thiocarbonyl (C=S) groups is 1. The quantitative estimate of drug-likeness (QED) is 0.447. The summed E-state index contributed by atoms with van der Waals surface area (Å²) in [6, 6.07) is 4.16. The number of rotatable bonds is 7. The van der Waals surface area contributed by atoms with Crippen molar-refractivity contribution in [2.45, 2.75) is 63.5 Å². The maximum absolute atomic E-state index is 6.20. The van der Waals surface area contributed by atoms with Crippen LogP contribution in [-0.4, -0.2) is 55.5 Å². The fraction of sp³-hybridized carbons (Fsp3) is 0.560. The van der Waals surface area contributed by atoms with Crippen LogP contribution in [0.1, 0.15) is 49.8 Å². The summed E-state index contributed by atoms with van der Waals surface area (Å²) in [5, 5.41) is 11.3. The predicted molar refractivity (Wildman–Crippen MR) is 147 cm³/mol. The van der Waals surface area contributed by atoms with Gasteiger partial charge < -0.3 is 30.3 Å². The monoisotopic (exact) mass is 518 g/mol. The number of halogens is 1. The van der Waals surface area contributed by atoms with Gasteiger partial charge in [-0.05, 0) is 63.6 Å². The second kappa shape index (κ2) is 11.5. The summed E-state index contributed by atoms with van der Waals surface area (Å²) >= 11 is 11.8. The molecule has 10 heteroatoms. The van der Waals surface area contributed by atoms with Crippen LogP contribution >= 0.6 is 23.8 Å². The van der Waals surface area contributed by atoms with E-state index in [9.17, 15) is 0 Å². The third kappa shape index (κ3) is 6.19. The Balaban J connectivity index is 1.32. The third-order valence-electron chi connectivity index (χ3n) is 6.70. The minimum Gasteiger partial charge on any atom is -0.495 e. The summed E-state index contributed by atoms with van der Waals surface area (Å²) < 4.78 is 10.7. The van der Waals surface area contributed by atoms with E-state index in [4.69, 9.17) is 43.3 Å². The molecule has 0 radical (unpaired) electrons. The van der Waals surface area contributed by atoms with Crippen molar-refractivity contribution in [3.8, 4) is 11.5 Å². The lowest BCUT2D eigenvalue weighted by Gasteiger charge is -2.31. The Hall–Kier alpha value is -2.52. The lowest BCUT2D eigenvalue weighted by Crippen LogP contribution is -2.42. The van der Waals surface area contributed by atoms with Crippen LogP contribution in [0.25, 0.3) is 0 Å². The molecule has 1 fully saturated rings. The molecule has 35 heavy (non-hydrogen) atoms. The van der Waals surface area contributed by atoms with E-state index in [1.54, 1.807) is 26.4 Å². The van der Waals surface area contributed by atoms with Crippen molar-refractivity contribution in [1.82, 2.24) is 15.3 Å². The van der Waals surface area contributed by atoms with Crippen LogP contribution in [0.3, 0.4) is 0 Å². The van der Waals surface area contributed by atoms with E-state index in [0.29, 0.717) is 39.4 Å². The highest BCUT2D eigenvalue weighted by Crippen LogP contribution is 2.36. The zero-order valence-electron chi connectivity index (χ0n) is 20.9. The van der Waals surface area contributed by atoms with Gasteiger partial charge in [-0.2, -0.15) is 4.98 Å². The van der Waals surface area contributed by atoms with Crippen molar-refractivity contribution in [2.24, 2.45) is 0 Å². The Morgan fingerprint density at radius 2 is 1.69 bits per heavy atom. The summed E-state index contributed by atoms with van der Waals surface area (Å²) in [6.45, 7) is 0. The van der Waals surface area contributed by atoms with E-state index in [0.717, 1.165) is 50.3 Å². The van der Waals surface area contributed by atoms with Crippen molar-refractivity contribution >= 4 is 46.4 Å². The van der Waals surface area contributed by atoms with Gasteiger partial charge in [0.05, 0.1) is 30.6 Å². The number of aromatic nitrogens is 2. The smallest absolute Gasteiger partial charge is 0.225 e. The summed E-state index contributed by atoms with van der Waals surface area (Å²) in [5.41, 5.74) is 3.23. The Labute approximate surface area is 218 Å². The molecule has 1 saturated carbocycles. The number of aryl methyl sites for hydroxylation is 1. The number of fused-ring (bicyclic) bond motifs is 1. The second-order valence-corrected chi connectivity index (χ2v) is 10.2. The van der Waals surface area contributed by atoms with Crippen LogP contribution in [0.15, 0.2) is 12.1 Å². The van der Waals surface area contributed by atoms with Gasteiger partial charge in [-0.25, -0.2) is 4.98 Å². The maximum Gasteiger partial charge on any atom is 0.225 e. The number of nitrogens with zero attached hydrogens (tertiary/aromatic N) is 3. The molecule has 2 aliphatic rings. The Morgan fingerprint density at radius 1 is 1.00 bits per heavy atom. The predicted octanol–water partition coefficient (Wildman–Crippen LogP) is 4.80. The molecule has 8 nitrogen and oxygen atoms in total. The molecule has 1 aromatic carbocycles. The van der Waals surface area contributed by atoms with Gasteiger partial charge in [0.15, 0.2) is 5.11 Å². The first kappa shape index (κ1) is 25.6. The number of benzene rings is 1. The number of nitrogens with one attached hydrogen (secondary N) is 3. The van der Waals surface area contributed by atoms with Crippen molar-refractivity contribution < 1.29 is 9.47 Å². The van der Waals surface area contributed by atoms with Crippen LogP contribution in [0.5, 0.6) is 11.5 Å². The van der Waals surface area contributed by atoms with Crippen LogP contribution in [0, 0.1) is 0 Å². The van der Waals surface area contributed by atoms with Crippen LogP contribution in [-0.2, 0) is 12.8 Å². The van der Waals surface area contributed by atoms with Gasteiger partial charge in [-0.3, -0.25) is 0 Å². The molecule has 4 rings (SSSR count). The molecule has 1 aromatic heterocycles. The van der Waals surface area contributed by atoms with Gasteiger partial charge in [0, 0.05) is 43.9 Å². The van der Waals surface area contributed by atoms with Crippen molar-refractivity contribution in [3.63, 3.8) is 0 Å². The molecule has 190 valence electrons. The Bertz CT molecular complexity index is 1060. The third-order valence-corrected chi connectivity index (χ3v) is 7.22. The lowest BCUT2D eigenvalue weighted by molar-refractivity contribution is 0.387. The highest BCUT2D eigenvalue weighted by Gasteiger charge is 2.24. The molecule has 0 spiro atoms. The largest absolute Gasteiger partial charge is 0.495 e. The van der Waals surface area contributed by atoms with Crippen molar-refractivity contribution in [1.29, 1.82) is 0 Å². The molecular weight excluding hydrogens is 484 g/mol. The average Bonchev–Trinajstić information content (AvgIpc) is 2.85. The maximum atomic E-state index is 6.20. The van der Waals surface area contributed by atoms with Gasteiger partial charge in [-0.1, -0.05) is 11.6 Å². The van der Waals surface area contributed by atoms with Crippen LogP contribution in [0.4, 0.5) is 17.5 Å². The topological polar surface area (TPSA) is 83.6 Å². The van der Waals surface area contributed by atoms with Crippen molar-refractivity contribution in [2.75, 3.05) is 43.8 Å². The molecule has 0 atom stereocenters. The van der Waals surface area contributed by atoms with E-state index >= 15 is 0 Å². The van der Waals surface area contributed by atoms with Crippen molar-refractivity contribution in [3.05, 3.63) is 28.4 Å². The average molecular weight is 519 g/mol. The summed E-state index contributed by atoms with van der Waals surface area (Å²) in [5.74, 6) is 2.98. The number of ether oxygens (including phenoxy) is 2. The van der Waals surface area contributed by atoms with Gasteiger partial charge in [0.25, 0.3) is 0 Å². The second-order valence-electron chi connectivity index (χ2n) is 9.38. The van der Waals surface area contributed by atoms with Crippen LogP contribution in [0.2, 0.25) is 5.02 Å².